The van der Waals surface area contributed by atoms with Gasteiger partial charge in [-0.1, -0.05) is 36.4 Å². The van der Waals surface area contributed by atoms with E-state index in [1.807, 2.05) is 38.1 Å². The minimum atomic E-state index is -0.943. The summed E-state index contributed by atoms with van der Waals surface area (Å²) in [6.45, 7) is 4.05. The summed E-state index contributed by atoms with van der Waals surface area (Å²) >= 11 is 0. The van der Waals surface area contributed by atoms with Crippen LogP contribution in [0.15, 0.2) is 42.5 Å². The van der Waals surface area contributed by atoms with E-state index in [0.717, 1.165) is 16.7 Å². The van der Waals surface area contributed by atoms with Gasteiger partial charge in [0.15, 0.2) is 0 Å². The first-order valence-corrected chi connectivity index (χ1v) is 6.74. The Hall–Kier alpha value is -1.71. The maximum Gasteiger partial charge on any atom is 0.129 e. The lowest BCUT2D eigenvalue weighted by molar-refractivity contribution is 0.143. The van der Waals surface area contributed by atoms with Crippen LogP contribution in [0.25, 0.3) is 0 Å². The van der Waals surface area contributed by atoms with E-state index < -0.39 is 6.10 Å². The molecule has 3 heteroatoms. The number of aliphatic hydroxyl groups is 1. The first-order valence-electron chi connectivity index (χ1n) is 6.74. The highest BCUT2D eigenvalue weighted by atomic mass is 19.1. The van der Waals surface area contributed by atoms with E-state index in [1.165, 1.54) is 6.07 Å². The molecule has 2 unspecified atom stereocenters. The highest BCUT2D eigenvalue weighted by Crippen LogP contribution is 2.33. The van der Waals surface area contributed by atoms with Crippen molar-refractivity contribution in [1.29, 1.82) is 0 Å². The summed E-state index contributed by atoms with van der Waals surface area (Å²) in [6.07, 6.45) is -0.943. The Morgan fingerprint density at radius 2 is 1.80 bits per heavy atom. The van der Waals surface area contributed by atoms with Gasteiger partial charge < -0.3 is 10.8 Å². The van der Waals surface area contributed by atoms with Crippen LogP contribution in [0, 0.1) is 19.7 Å². The second-order valence-corrected chi connectivity index (χ2v) is 5.17. The Kier molecular flexibility index (Phi) is 4.53. The molecule has 0 spiro atoms. The van der Waals surface area contributed by atoms with Gasteiger partial charge >= 0.3 is 0 Å². The summed E-state index contributed by atoms with van der Waals surface area (Å²) in [7, 11) is 0. The molecule has 106 valence electrons. The molecule has 0 saturated carbocycles. The molecule has 2 atom stereocenters. The topological polar surface area (TPSA) is 46.2 Å². The molecule has 0 amide bonds. The molecule has 0 fully saturated rings. The minimum Gasteiger partial charge on any atom is -0.388 e. The van der Waals surface area contributed by atoms with Crippen molar-refractivity contribution in [1.82, 2.24) is 0 Å². The Balaban J connectivity index is 2.39. The summed E-state index contributed by atoms with van der Waals surface area (Å²) in [4.78, 5) is 0. The van der Waals surface area contributed by atoms with Crippen molar-refractivity contribution < 1.29 is 9.50 Å². The highest BCUT2D eigenvalue weighted by molar-refractivity contribution is 5.34. The number of halogens is 1. The van der Waals surface area contributed by atoms with Gasteiger partial charge in [-0.25, -0.2) is 4.39 Å². The monoisotopic (exact) mass is 273 g/mol. The van der Waals surface area contributed by atoms with Crippen molar-refractivity contribution >= 4 is 0 Å². The fourth-order valence-electron chi connectivity index (χ4n) is 2.52. The second-order valence-electron chi connectivity index (χ2n) is 5.17. The molecule has 2 aromatic carbocycles. The van der Waals surface area contributed by atoms with Crippen molar-refractivity contribution in [3.63, 3.8) is 0 Å². The van der Waals surface area contributed by atoms with Crippen molar-refractivity contribution in [3.05, 3.63) is 70.5 Å². The van der Waals surface area contributed by atoms with E-state index in [9.17, 15) is 9.50 Å². The molecular formula is C17H20FNO. The van der Waals surface area contributed by atoms with Gasteiger partial charge in [0, 0.05) is 18.0 Å². The molecule has 2 rings (SSSR count). The summed E-state index contributed by atoms with van der Waals surface area (Å²) in [6, 6.07) is 12.6. The molecule has 0 aliphatic rings. The third-order valence-electron chi connectivity index (χ3n) is 3.70. The van der Waals surface area contributed by atoms with Gasteiger partial charge in [-0.2, -0.15) is 0 Å². The second kappa shape index (κ2) is 6.16. The third kappa shape index (κ3) is 2.89. The lowest BCUT2D eigenvalue weighted by Gasteiger charge is -2.24. The Morgan fingerprint density at radius 1 is 1.10 bits per heavy atom. The van der Waals surface area contributed by atoms with Gasteiger partial charge in [-0.15, -0.1) is 0 Å². The number of benzene rings is 2. The van der Waals surface area contributed by atoms with Crippen LogP contribution in [0.4, 0.5) is 4.39 Å². The standard InChI is InChI=1S/C17H20FNO/c1-11-7-8-14(16(18)9-11)17(20)15(10-19)13-6-4-3-5-12(13)2/h3-9,15,17,20H,10,19H2,1-2H3. The Bertz CT molecular complexity index is 597. The van der Waals surface area contributed by atoms with Gasteiger partial charge in [0.1, 0.15) is 5.82 Å². The molecule has 0 bridgehead atoms. The molecule has 0 aromatic heterocycles. The lowest BCUT2D eigenvalue weighted by Crippen LogP contribution is -2.21. The van der Waals surface area contributed by atoms with Crippen molar-refractivity contribution in [2.24, 2.45) is 5.73 Å². The number of nitrogens with two attached hydrogens (primary N) is 1. The Labute approximate surface area is 119 Å². The number of hydrogen-bond acceptors (Lipinski definition) is 2. The predicted octanol–water partition coefficient (Wildman–Crippen LogP) is 3.22. The fourth-order valence-corrected chi connectivity index (χ4v) is 2.52. The van der Waals surface area contributed by atoms with Crippen LogP contribution in [0.1, 0.15) is 34.3 Å². The molecule has 0 saturated heterocycles. The van der Waals surface area contributed by atoms with E-state index in [-0.39, 0.29) is 18.3 Å². The molecule has 0 heterocycles. The summed E-state index contributed by atoms with van der Waals surface area (Å²) < 4.78 is 14.0. The van der Waals surface area contributed by atoms with Crippen LogP contribution in [0.5, 0.6) is 0 Å². The smallest absolute Gasteiger partial charge is 0.129 e. The minimum absolute atomic E-state index is 0.263. The number of rotatable bonds is 4. The fraction of sp³-hybridized carbons (Fsp3) is 0.294. The van der Waals surface area contributed by atoms with E-state index >= 15 is 0 Å². The van der Waals surface area contributed by atoms with E-state index in [0.29, 0.717) is 5.56 Å². The molecule has 0 aliphatic carbocycles. The molecule has 3 N–H and O–H groups in total. The molecule has 2 aromatic rings. The SMILES string of the molecule is Cc1ccc(C(O)C(CN)c2ccccc2C)c(F)c1. The molecular weight excluding hydrogens is 253 g/mol. The normalized spacial score (nSPS) is 14.1. The first-order chi connectivity index (χ1) is 9.54. The van der Waals surface area contributed by atoms with Gasteiger partial charge in [0.25, 0.3) is 0 Å². The summed E-state index contributed by atoms with van der Waals surface area (Å²) in [5, 5.41) is 10.5. The number of aryl methyl sites for hydroxylation is 2. The number of hydrogen-bond donors (Lipinski definition) is 2. The lowest BCUT2D eigenvalue weighted by atomic mass is 9.86. The molecule has 0 aliphatic heterocycles. The zero-order valence-corrected chi connectivity index (χ0v) is 11.8. The Morgan fingerprint density at radius 3 is 2.40 bits per heavy atom. The van der Waals surface area contributed by atoms with Crippen LogP contribution >= 0.6 is 0 Å². The van der Waals surface area contributed by atoms with E-state index in [1.54, 1.807) is 12.1 Å². The maximum atomic E-state index is 14.0. The van der Waals surface area contributed by atoms with Gasteiger partial charge in [0.2, 0.25) is 0 Å². The zero-order valence-electron chi connectivity index (χ0n) is 11.8. The summed E-state index contributed by atoms with van der Waals surface area (Å²) in [5.41, 5.74) is 8.95. The predicted molar refractivity (Wildman–Crippen MR) is 79.1 cm³/mol. The van der Waals surface area contributed by atoms with E-state index in [4.69, 9.17) is 5.73 Å². The van der Waals surface area contributed by atoms with Crippen LogP contribution < -0.4 is 5.73 Å². The molecule has 20 heavy (non-hydrogen) atoms. The molecule has 2 nitrogen and oxygen atoms in total. The van der Waals surface area contributed by atoms with Gasteiger partial charge in [0.05, 0.1) is 6.10 Å². The van der Waals surface area contributed by atoms with Crippen molar-refractivity contribution in [2.45, 2.75) is 25.9 Å². The van der Waals surface area contributed by atoms with E-state index in [2.05, 4.69) is 0 Å². The van der Waals surface area contributed by atoms with Crippen LogP contribution in [0.2, 0.25) is 0 Å². The van der Waals surface area contributed by atoms with Crippen LogP contribution in [0.3, 0.4) is 0 Å². The third-order valence-corrected chi connectivity index (χ3v) is 3.70. The first kappa shape index (κ1) is 14.7. The zero-order chi connectivity index (χ0) is 14.7. The van der Waals surface area contributed by atoms with Crippen LogP contribution in [-0.4, -0.2) is 11.7 Å². The summed E-state index contributed by atoms with van der Waals surface area (Å²) in [5.74, 6) is -0.696. The average molecular weight is 273 g/mol. The van der Waals surface area contributed by atoms with Crippen molar-refractivity contribution in [3.8, 4) is 0 Å². The largest absolute Gasteiger partial charge is 0.388 e. The highest BCUT2D eigenvalue weighted by Gasteiger charge is 2.25. The average Bonchev–Trinajstić information content (AvgIpc) is 2.41. The quantitative estimate of drug-likeness (QED) is 0.898. The number of aliphatic hydroxyl groups excluding tert-OH is 1. The molecule has 0 radical (unpaired) electrons. The van der Waals surface area contributed by atoms with Gasteiger partial charge in [-0.05, 0) is 36.6 Å². The van der Waals surface area contributed by atoms with Gasteiger partial charge in [-0.3, -0.25) is 0 Å². The van der Waals surface area contributed by atoms with Crippen molar-refractivity contribution in [2.75, 3.05) is 6.54 Å². The van der Waals surface area contributed by atoms with Crippen LogP contribution in [-0.2, 0) is 0 Å². The maximum absolute atomic E-state index is 14.0.